The van der Waals surface area contributed by atoms with Gasteiger partial charge in [-0.1, -0.05) is 0 Å². The highest BCUT2D eigenvalue weighted by Crippen LogP contribution is 2.27. The van der Waals surface area contributed by atoms with E-state index in [1.807, 2.05) is 19.9 Å². The van der Waals surface area contributed by atoms with Crippen LogP contribution in [0.3, 0.4) is 0 Å². The number of amides is 2. The quantitative estimate of drug-likeness (QED) is 0.898. The van der Waals surface area contributed by atoms with Crippen molar-refractivity contribution in [3.8, 4) is 5.75 Å². The molecule has 4 nitrogen and oxygen atoms in total. The van der Waals surface area contributed by atoms with Crippen LogP contribution in [-0.2, 0) is 0 Å². The second-order valence-corrected chi connectivity index (χ2v) is 4.46. The molecule has 5 heteroatoms. The number of nitrogens with one attached hydrogen (secondary N) is 2. The number of benzene rings is 1. The summed E-state index contributed by atoms with van der Waals surface area (Å²) in [6.45, 7) is 3.81. The molecule has 0 saturated heterocycles. The molecule has 16 heavy (non-hydrogen) atoms. The molecule has 0 fully saturated rings. The zero-order chi connectivity index (χ0) is 12.1. The third-order valence-corrected chi connectivity index (χ3v) is 2.48. The lowest BCUT2D eigenvalue weighted by Gasteiger charge is -2.11. The summed E-state index contributed by atoms with van der Waals surface area (Å²) in [7, 11) is 1.58. The molecular weight excluding hydrogens is 272 g/mol. The Morgan fingerprint density at radius 1 is 1.44 bits per heavy atom. The van der Waals surface area contributed by atoms with Gasteiger partial charge < -0.3 is 15.4 Å². The Hall–Kier alpha value is -1.23. The molecule has 0 spiro atoms. The number of halogens is 1. The fraction of sp³-hybridized carbons (Fsp3) is 0.364. The van der Waals surface area contributed by atoms with Crippen molar-refractivity contribution in [3.63, 3.8) is 0 Å². The van der Waals surface area contributed by atoms with Crippen molar-refractivity contribution in [2.24, 2.45) is 0 Å². The van der Waals surface area contributed by atoms with Gasteiger partial charge in [-0.15, -0.1) is 0 Å². The van der Waals surface area contributed by atoms with Crippen LogP contribution >= 0.6 is 15.9 Å². The van der Waals surface area contributed by atoms with E-state index in [1.54, 1.807) is 19.2 Å². The molecule has 0 aliphatic carbocycles. The third-order valence-electron chi connectivity index (χ3n) is 1.83. The van der Waals surface area contributed by atoms with Gasteiger partial charge in [-0.3, -0.25) is 0 Å². The number of carbonyl (C=O) groups excluding carboxylic acids is 1. The first-order valence-corrected chi connectivity index (χ1v) is 5.73. The second kappa shape index (κ2) is 5.75. The lowest BCUT2D eigenvalue weighted by atomic mass is 10.3. The Morgan fingerprint density at radius 3 is 2.69 bits per heavy atom. The fourth-order valence-corrected chi connectivity index (χ4v) is 1.58. The molecule has 2 N–H and O–H groups in total. The van der Waals surface area contributed by atoms with E-state index < -0.39 is 0 Å². The number of methoxy groups -OCH3 is 1. The molecule has 0 heterocycles. The Kier molecular flexibility index (Phi) is 4.61. The second-order valence-electron chi connectivity index (χ2n) is 3.60. The summed E-state index contributed by atoms with van der Waals surface area (Å²) in [5.74, 6) is 0.683. The smallest absolute Gasteiger partial charge is 0.319 e. The van der Waals surface area contributed by atoms with Gasteiger partial charge in [0.15, 0.2) is 0 Å². The maximum atomic E-state index is 11.4. The van der Waals surface area contributed by atoms with Crippen molar-refractivity contribution in [2.75, 3.05) is 12.4 Å². The molecule has 0 radical (unpaired) electrons. The molecule has 0 aliphatic heterocycles. The van der Waals surface area contributed by atoms with E-state index in [-0.39, 0.29) is 12.1 Å². The highest BCUT2D eigenvalue weighted by molar-refractivity contribution is 9.10. The summed E-state index contributed by atoms with van der Waals surface area (Å²) in [6, 6.07) is 5.26. The molecule has 0 unspecified atom stereocenters. The summed E-state index contributed by atoms with van der Waals surface area (Å²) in [4.78, 5) is 11.4. The predicted molar refractivity (Wildman–Crippen MR) is 68.0 cm³/mol. The molecule has 0 aromatic heterocycles. The number of carbonyl (C=O) groups is 1. The first kappa shape index (κ1) is 12.8. The monoisotopic (exact) mass is 286 g/mol. The molecule has 0 saturated carbocycles. The topological polar surface area (TPSA) is 50.4 Å². The van der Waals surface area contributed by atoms with Gasteiger partial charge in [0.2, 0.25) is 0 Å². The number of hydrogen-bond donors (Lipinski definition) is 2. The van der Waals surface area contributed by atoms with Gasteiger partial charge in [-0.05, 0) is 41.9 Å². The van der Waals surface area contributed by atoms with Crippen LogP contribution in [0.2, 0.25) is 0 Å². The largest absolute Gasteiger partial charge is 0.495 e. The lowest BCUT2D eigenvalue weighted by molar-refractivity contribution is 0.250. The van der Waals surface area contributed by atoms with Crippen LogP contribution in [0.15, 0.2) is 22.7 Å². The van der Waals surface area contributed by atoms with Gasteiger partial charge in [0.25, 0.3) is 0 Å². The average Bonchev–Trinajstić information content (AvgIpc) is 2.19. The predicted octanol–water partition coefficient (Wildman–Crippen LogP) is 2.99. The average molecular weight is 287 g/mol. The molecule has 1 aromatic rings. The minimum Gasteiger partial charge on any atom is -0.495 e. The van der Waals surface area contributed by atoms with Crippen LogP contribution < -0.4 is 15.4 Å². The summed E-state index contributed by atoms with van der Waals surface area (Å²) < 4.78 is 5.98. The van der Waals surface area contributed by atoms with Gasteiger partial charge in [0.1, 0.15) is 5.75 Å². The molecule has 0 atom stereocenters. The summed E-state index contributed by atoms with van der Waals surface area (Å²) in [6.07, 6.45) is 0. The fourth-order valence-electron chi connectivity index (χ4n) is 1.17. The number of anilines is 1. The molecular formula is C11H15BrN2O2. The van der Waals surface area contributed by atoms with Crippen molar-refractivity contribution in [2.45, 2.75) is 19.9 Å². The highest BCUT2D eigenvalue weighted by atomic mass is 79.9. The van der Waals surface area contributed by atoms with E-state index in [4.69, 9.17) is 4.74 Å². The molecule has 1 aromatic carbocycles. The molecule has 1 rings (SSSR count). The van der Waals surface area contributed by atoms with Crippen LogP contribution in [0.5, 0.6) is 5.75 Å². The van der Waals surface area contributed by atoms with Crippen molar-refractivity contribution < 1.29 is 9.53 Å². The SMILES string of the molecule is COc1cc(NC(=O)NC(C)C)ccc1Br. The Bertz CT molecular complexity index is 380. The Balaban J connectivity index is 2.71. The molecule has 88 valence electrons. The van der Waals surface area contributed by atoms with E-state index in [1.165, 1.54) is 0 Å². The number of hydrogen-bond acceptors (Lipinski definition) is 2. The van der Waals surface area contributed by atoms with Crippen LogP contribution in [0, 0.1) is 0 Å². The Labute approximate surface area is 103 Å². The van der Waals surface area contributed by atoms with Crippen molar-refractivity contribution in [3.05, 3.63) is 22.7 Å². The first-order valence-electron chi connectivity index (χ1n) is 4.94. The van der Waals surface area contributed by atoms with Crippen molar-refractivity contribution in [1.29, 1.82) is 0 Å². The standard InChI is InChI=1S/C11H15BrN2O2/c1-7(2)13-11(15)14-8-4-5-9(12)10(6-8)16-3/h4-7H,1-3H3,(H2,13,14,15). The van der Waals surface area contributed by atoms with Crippen LogP contribution in [0.1, 0.15) is 13.8 Å². The van der Waals surface area contributed by atoms with Gasteiger partial charge in [0, 0.05) is 17.8 Å². The summed E-state index contributed by atoms with van der Waals surface area (Å²) in [5, 5.41) is 5.47. The van der Waals surface area contributed by atoms with Crippen molar-refractivity contribution >= 4 is 27.6 Å². The number of ether oxygens (including phenoxy) is 1. The van der Waals surface area contributed by atoms with E-state index >= 15 is 0 Å². The minimum atomic E-state index is -0.223. The zero-order valence-corrected chi connectivity index (χ0v) is 11.1. The molecule has 0 bridgehead atoms. The van der Waals surface area contributed by atoms with Gasteiger partial charge in [-0.25, -0.2) is 4.79 Å². The highest BCUT2D eigenvalue weighted by Gasteiger charge is 2.05. The molecule has 0 aliphatic rings. The maximum Gasteiger partial charge on any atom is 0.319 e. The van der Waals surface area contributed by atoms with E-state index in [0.717, 1.165) is 4.47 Å². The third kappa shape index (κ3) is 3.73. The lowest BCUT2D eigenvalue weighted by Crippen LogP contribution is -2.34. The summed E-state index contributed by atoms with van der Waals surface area (Å²) >= 11 is 3.34. The minimum absolute atomic E-state index is 0.109. The van der Waals surface area contributed by atoms with Crippen LogP contribution in [-0.4, -0.2) is 19.2 Å². The number of rotatable bonds is 3. The maximum absolute atomic E-state index is 11.4. The van der Waals surface area contributed by atoms with Crippen LogP contribution in [0.25, 0.3) is 0 Å². The van der Waals surface area contributed by atoms with E-state index in [2.05, 4.69) is 26.6 Å². The van der Waals surface area contributed by atoms with Gasteiger partial charge >= 0.3 is 6.03 Å². The van der Waals surface area contributed by atoms with Crippen molar-refractivity contribution in [1.82, 2.24) is 5.32 Å². The first-order chi connectivity index (χ1) is 7.52. The number of urea groups is 1. The Morgan fingerprint density at radius 2 is 2.12 bits per heavy atom. The zero-order valence-electron chi connectivity index (χ0n) is 9.50. The summed E-state index contributed by atoms with van der Waals surface area (Å²) in [5.41, 5.74) is 0.693. The molecule has 2 amide bonds. The van der Waals surface area contributed by atoms with Gasteiger partial charge in [0.05, 0.1) is 11.6 Å². The normalized spacial score (nSPS) is 10.1. The van der Waals surface area contributed by atoms with E-state index in [0.29, 0.717) is 11.4 Å². The van der Waals surface area contributed by atoms with Gasteiger partial charge in [-0.2, -0.15) is 0 Å². The van der Waals surface area contributed by atoms with E-state index in [9.17, 15) is 4.79 Å². The van der Waals surface area contributed by atoms with Crippen LogP contribution in [0.4, 0.5) is 10.5 Å².